The number of benzene rings is 8. The molecule has 328 valence electrons. The third kappa shape index (κ3) is 7.59. The van der Waals surface area contributed by atoms with E-state index < -0.39 is 0 Å². The van der Waals surface area contributed by atoms with E-state index in [1.165, 1.54) is 50.2 Å². The van der Waals surface area contributed by atoms with Crippen molar-refractivity contribution in [1.82, 2.24) is 0 Å². The van der Waals surface area contributed by atoms with Crippen LogP contribution in [0.25, 0.3) is 22.3 Å². The van der Waals surface area contributed by atoms with Gasteiger partial charge in [0.05, 0.1) is 11.2 Å². The van der Waals surface area contributed by atoms with Crippen LogP contribution in [0.4, 0.5) is 34.1 Å². The Kier molecular flexibility index (Phi) is 11.0. The first-order valence-electron chi connectivity index (χ1n) is 23.0. The Morgan fingerprint density at radius 1 is 0.348 bits per heavy atom. The molecule has 0 saturated carbocycles. The predicted molar refractivity (Wildman–Crippen MR) is 281 cm³/mol. The van der Waals surface area contributed by atoms with Crippen LogP contribution in [0.2, 0.25) is 0 Å². The molecule has 1 aliphatic heterocycles. The Bertz CT molecular complexity index is 3040. The Morgan fingerprint density at radius 3 is 1.11 bits per heavy atom. The quantitative estimate of drug-likeness (QED) is 0.149. The number of hydrogen-bond acceptors (Lipinski definition) is 4. The largest absolute Gasteiger partial charge is 0.494 e. The monoisotopic (exact) mass is 926 g/mol. The van der Waals surface area contributed by atoms with Gasteiger partial charge in [-0.1, -0.05) is 153 Å². The minimum absolute atomic E-state index is 0.00991. The van der Waals surface area contributed by atoms with Crippen LogP contribution in [-0.2, 0) is 20.1 Å². The Hall–Kier alpha value is -6.18. The van der Waals surface area contributed by atoms with Gasteiger partial charge < -0.3 is 19.1 Å². The van der Waals surface area contributed by atoms with Crippen LogP contribution in [0, 0.1) is 0 Å². The number of anilines is 6. The Labute approximate surface area is 400 Å². The number of rotatable bonds is 7. The van der Waals surface area contributed by atoms with Gasteiger partial charge in [-0.15, -0.1) is 0 Å². The fraction of sp³-hybridized carbons (Fsp3) is 0.200. The molecule has 0 unspecified atom stereocenters. The van der Waals surface area contributed by atoms with Crippen LogP contribution in [0.15, 0.2) is 199 Å². The summed E-state index contributed by atoms with van der Waals surface area (Å²) in [6.07, 6.45) is 0. The SMILES string of the molecule is CC1(C)c2ccccc2-c2ccc(N(c3ccccc3)c3ccc(B4OC(C)(C)C(C)(C)O4)cc3)cc21.CC1(C)c2ccccc2-c2ccc(N(c3ccccc3)c3ccc(Br)cc3)cc21. The van der Waals surface area contributed by atoms with Crippen molar-refractivity contribution < 1.29 is 9.31 Å². The molecule has 4 nitrogen and oxygen atoms in total. The van der Waals surface area contributed by atoms with Crippen molar-refractivity contribution in [3.8, 4) is 22.3 Å². The van der Waals surface area contributed by atoms with E-state index in [9.17, 15) is 0 Å². The van der Waals surface area contributed by atoms with Crippen molar-refractivity contribution in [3.63, 3.8) is 0 Å². The minimum Gasteiger partial charge on any atom is -0.399 e. The lowest BCUT2D eigenvalue weighted by Gasteiger charge is -2.32. The number of fused-ring (bicyclic) bond motifs is 6. The molecule has 2 aliphatic carbocycles. The van der Waals surface area contributed by atoms with E-state index in [0.717, 1.165) is 38.4 Å². The highest BCUT2D eigenvalue weighted by Gasteiger charge is 2.51. The molecule has 3 aliphatic rings. The lowest BCUT2D eigenvalue weighted by molar-refractivity contribution is 0.00578. The van der Waals surface area contributed by atoms with E-state index >= 15 is 0 Å². The highest BCUT2D eigenvalue weighted by Crippen LogP contribution is 2.52. The maximum atomic E-state index is 6.29. The lowest BCUT2D eigenvalue weighted by Crippen LogP contribution is -2.41. The molecule has 1 saturated heterocycles. The average Bonchev–Trinajstić information content (AvgIpc) is 3.80. The van der Waals surface area contributed by atoms with Gasteiger partial charge in [0.15, 0.2) is 0 Å². The second-order valence-corrected chi connectivity index (χ2v) is 20.7. The summed E-state index contributed by atoms with van der Waals surface area (Å²) in [6, 6.07) is 69.6. The second-order valence-electron chi connectivity index (χ2n) is 19.8. The molecule has 1 fully saturated rings. The first-order valence-corrected chi connectivity index (χ1v) is 23.8. The van der Waals surface area contributed by atoms with Crippen molar-refractivity contribution in [2.75, 3.05) is 9.80 Å². The van der Waals surface area contributed by atoms with Gasteiger partial charge in [-0.05, 0) is 163 Å². The summed E-state index contributed by atoms with van der Waals surface area (Å²) in [5, 5.41) is 0. The summed E-state index contributed by atoms with van der Waals surface area (Å²) in [7, 11) is -0.372. The van der Waals surface area contributed by atoms with Crippen LogP contribution in [0.1, 0.15) is 77.6 Å². The Balaban J connectivity index is 0.000000160. The molecule has 6 heteroatoms. The van der Waals surface area contributed by atoms with E-state index in [4.69, 9.17) is 9.31 Å². The molecule has 0 bridgehead atoms. The molecule has 11 rings (SSSR count). The number of hydrogen-bond donors (Lipinski definition) is 0. The molecule has 66 heavy (non-hydrogen) atoms. The van der Waals surface area contributed by atoms with Gasteiger partial charge in [-0.3, -0.25) is 0 Å². The van der Waals surface area contributed by atoms with Crippen LogP contribution in [-0.4, -0.2) is 18.3 Å². The summed E-state index contributed by atoms with van der Waals surface area (Å²) < 4.78 is 13.7. The highest BCUT2D eigenvalue weighted by atomic mass is 79.9. The van der Waals surface area contributed by atoms with E-state index in [0.29, 0.717) is 0 Å². The molecule has 0 aromatic heterocycles. The van der Waals surface area contributed by atoms with Gasteiger partial charge in [0.25, 0.3) is 0 Å². The molecule has 1 heterocycles. The molecule has 0 atom stereocenters. The van der Waals surface area contributed by atoms with Gasteiger partial charge in [-0.25, -0.2) is 0 Å². The van der Waals surface area contributed by atoms with Crippen LogP contribution >= 0.6 is 15.9 Å². The summed E-state index contributed by atoms with van der Waals surface area (Å²) >= 11 is 3.56. The summed E-state index contributed by atoms with van der Waals surface area (Å²) in [5.74, 6) is 0. The van der Waals surface area contributed by atoms with Gasteiger partial charge in [-0.2, -0.15) is 0 Å². The number of para-hydroxylation sites is 2. The van der Waals surface area contributed by atoms with E-state index in [1.54, 1.807) is 0 Å². The molecule has 8 aromatic rings. The van der Waals surface area contributed by atoms with Crippen molar-refractivity contribution in [2.45, 2.75) is 77.4 Å². The number of halogens is 1. The average molecular weight is 928 g/mol. The first kappa shape index (κ1) is 43.7. The van der Waals surface area contributed by atoms with Crippen LogP contribution < -0.4 is 15.3 Å². The van der Waals surface area contributed by atoms with Crippen LogP contribution in [0.5, 0.6) is 0 Å². The van der Waals surface area contributed by atoms with E-state index in [2.05, 4.69) is 275 Å². The van der Waals surface area contributed by atoms with Crippen molar-refractivity contribution in [1.29, 1.82) is 0 Å². The number of nitrogens with zero attached hydrogens (tertiary/aromatic N) is 2. The normalized spacial score (nSPS) is 16.3. The zero-order chi connectivity index (χ0) is 46.0. The highest BCUT2D eigenvalue weighted by molar-refractivity contribution is 9.10. The first-order chi connectivity index (χ1) is 31.6. The lowest BCUT2D eigenvalue weighted by atomic mass is 9.79. The van der Waals surface area contributed by atoms with Crippen molar-refractivity contribution >= 4 is 62.6 Å². The minimum atomic E-state index is -0.372. The molecular weight excluding hydrogens is 871 g/mol. The molecule has 0 N–H and O–H groups in total. The summed E-state index contributed by atoms with van der Waals surface area (Å²) in [6.45, 7) is 17.7. The second kappa shape index (κ2) is 16.6. The topological polar surface area (TPSA) is 24.9 Å². The third-order valence-electron chi connectivity index (χ3n) is 14.4. The molecular formula is C60H56BBrN2O2. The van der Waals surface area contributed by atoms with Crippen LogP contribution in [0.3, 0.4) is 0 Å². The van der Waals surface area contributed by atoms with Gasteiger partial charge in [0.2, 0.25) is 0 Å². The molecule has 0 spiro atoms. The van der Waals surface area contributed by atoms with Crippen molar-refractivity contribution in [2.24, 2.45) is 0 Å². The van der Waals surface area contributed by atoms with Crippen molar-refractivity contribution in [3.05, 3.63) is 221 Å². The summed E-state index contributed by atoms with van der Waals surface area (Å²) in [4.78, 5) is 4.65. The fourth-order valence-corrected chi connectivity index (χ4v) is 10.3. The fourth-order valence-electron chi connectivity index (χ4n) is 10.1. The van der Waals surface area contributed by atoms with E-state index in [1.807, 2.05) is 0 Å². The van der Waals surface area contributed by atoms with Gasteiger partial charge in [0.1, 0.15) is 0 Å². The molecule has 0 amide bonds. The zero-order valence-electron chi connectivity index (χ0n) is 39.1. The molecule has 0 radical (unpaired) electrons. The zero-order valence-corrected chi connectivity index (χ0v) is 40.7. The maximum absolute atomic E-state index is 6.29. The Morgan fingerprint density at radius 2 is 0.682 bits per heavy atom. The predicted octanol–water partition coefficient (Wildman–Crippen LogP) is 16.0. The smallest absolute Gasteiger partial charge is 0.399 e. The van der Waals surface area contributed by atoms with Gasteiger partial charge in [0, 0.05) is 49.4 Å². The van der Waals surface area contributed by atoms with Gasteiger partial charge >= 0.3 is 7.12 Å². The molecule has 8 aromatic carbocycles. The standard InChI is InChI=1S/C33H34BNO2.C27H22BrN/c1-31(2)29-15-11-10-14-27(29)28-21-20-26(22-30(28)31)35(24-12-8-7-9-13-24)25-18-16-23(17-19-25)34-36-32(3,4)33(5,6)37-34;1-27(2)25-11-7-6-10-23(25)24-17-16-22(18-26(24)27)29(20-8-4-3-5-9-20)21-14-12-19(28)13-15-21/h7-22H,1-6H3;3-18H,1-2H3. The van der Waals surface area contributed by atoms with E-state index in [-0.39, 0.29) is 29.2 Å². The third-order valence-corrected chi connectivity index (χ3v) is 15.0. The summed E-state index contributed by atoms with van der Waals surface area (Å²) in [5.41, 5.74) is 18.0. The maximum Gasteiger partial charge on any atom is 0.494 e.